The molecule has 12 heteroatoms. The van der Waals surface area contributed by atoms with Gasteiger partial charge in [0.1, 0.15) is 11.5 Å². The highest BCUT2D eigenvalue weighted by atomic mass is 35.5. The molecule has 0 radical (unpaired) electrons. The van der Waals surface area contributed by atoms with E-state index >= 15 is 0 Å². The van der Waals surface area contributed by atoms with Crippen LogP contribution in [-0.4, -0.2) is 110 Å². The predicted octanol–water partition coefficient (Wildman–Crippen LogP) is 3.88. The van der Waals surface area contributed by atoms with E-state index in [1.54, 1.807) is 19.1 Å². The zero-order valence-electron chi connectivity index (χ0n) is 24.1. The van der Waals surface area contributed by atoms with Gasteiger partial charge in [0, 0.05) is 70.3 Å². The number of hydrogen-bond acceptors (Lipinski definition) is 6. The molecule has 2 aromatic rings. The second-order valence-corrected chi connectivity index (χ2v) is 14.2. The summed E-state index contributed by atoms with van der Waals surface area (Å²) >= 11 is 12.8. The fraction of sp³-hybridized carbons (Fsp3) is 0.621. The largest absolute Gasteiger partial charge is 0.370 e. The topological polar surface area (TPSA) is 78.3 Å². The normalized spacial score (nSPS) is 24.8. The number of aryl methyl sites for hydroxylation is 1. The monoisotopic (exact) mass is 625 g/mol. The van der Waals surface area contributed by atoms with E-state index in [4.69, 9.17) is 27.9 Å². The molecule has 9 nitrogen and oxygen atoms in total. The van der Waals surface area contributed by atoms with Crippen molar-refractivity contribution in [3.8, 4) is 0 Å². The third-order valence-corrected chi connectivity index (χ3v) is 12.1. The molecule has 0 spiro atoms. The number of amides is 1. The minimum Gasteiger partial charge on any atom is -0.370 e. The number of likely N-dealkylation sites (N-methyl/N-ethyl adjacent to an activating group) is 2. The van der Waals surface area contributed by atoms with Crippen LogP contribution < -0.4 is 0 Å². The van der Waals surface area contributed by atoms with E-state index < -0.39 is 16.1 Å². The van der Waals surface area contributed by atoms with Crippen molar-refractivity contribution in [2.45, 2.75) is 62.2 Å². The summed E-state index contributed by atoms with van der Waals surface area (Å²) in [6.07, 6.45) is 6.19. The average Bonchev–Trinajstić information content (AvgIpc) is 3.44. The van der Waals surface area contributed by atoms with Crippen LogP contribution in [0.1, 0.15) is 43.0 Å². The summed E-state index contributed by atoms with van der Waals surface area (Å²) < 4.78 is 37.3. The number of benzene rings is 1. The van der Waals surface area contributed by atoms with Crippen LogP contribution in [0.2, 0.25) is 10.0 Å². The Morgan fingerprint density at radius 2 is 1.83 bits per heavy atom. The molecule has 1 aromatic heterocycles. The first-order valence-corrected chi connectivity index (χ1v) is 16.6. The summed E-state index contributed by atoms with van der Waals surface area (Å²) in [5.41, 5.74) is 1.44. The van der Waals surface area contributed by atoms with E-state index in [9.17, 15) is 13.2 Å². The van der Waals surface area contributed by atoms with Crippen molar-refractivity contribution in [1.29, 1.82) is 0 Å². The molecule has 3 atom stereocenters. The first-order chi connectivity index (χ1) is 19.6. The van der Waals surface area contributed by atoms with Crippen LogP contribution in [0.3, 0.4) is 0 Å². The first-order valence-electron chi connectivity index (χ1n) is 14.5. The van der Waals surface area contributed by atoms with Gasteiger partial charge in [-0.15, -0.1) is 0 Å². The van der Waals surface area contributed by atoms with Gasteiger partial charge in [-0.3, -0.25) is 9.69 Å². The molecule has 0 bridgehead atoms. The van der Waals surface area contributed by atoms with Gasteiger partial charge in [0.2, 0.25) is 15.9 Å². The van der Waals surface area contributed by atoms with Gasteiger partial charge in [-0.2, -0.15) is 4.31 Å². The van der Waals surface area contributed by atoms with E-state index in [1.807, 2.05) is 34.8 Å². The van der Waals surface area contributed by atoms with Gasteiger partial charge in [-0.05, 0) is 63.4 Å². The zero-order valence-corrected chi connectivity index (χ0v) is 26.5. The molecule has 3 aliphatic rings. The number of carbonyl (C=O) groups excluding carboxylic acids is 1. The molecule has 1 aliphatic carbocycles. The minimum atomic E-state index is -4.05. The number of ether oxygens (including phenoxy) is 1. The fourth-order valence-electron chi connectivity index (χ4n) is 6.46. The molecular formula is C29H41Cl2N5O4S. The number of nitrogens with zero attached hydrogens (tertiary/aromatic N) is 5. The Morgan fingerprint density at radius 1 is 1.07 bits per heavy atom. The molecule has 41 heavy (non-hydrogen) atoms. The summed E-state index contributed by atoms with van der Waals surface area (Å²) in [5, 5.41) is 0.206. The van der Waals surface area contributed by atoms with Crippen LogP contribution in [0.15, 0.2) is 35.4 Å². The van der Waals surface area contributed by atoms with E-state index in [-0.39, 0.29) is 46.6 Å². The average molecular weight is 627 g/mol. The summed E-state index contributed by atoms with van der Waals surface area (Å²) in [6, 6.07) is 7.11. The Bertz CT molecular complexity index is 1340. The van der Waals surface area contributed by atoms with Crippen LogP contribution in [0.4, 0.5) is 0 Å². The number of sulfonamides is 1. The van der Waals surface area contributed by atoms with Gasteiger partial charge < -0.3 is 19.1 Å². The first kappa shape index (κ1) is 30.8. The molecule has 0 N–H and O–H groups in total. The maximum Gasteiger partial charge on any atom is 0.248 e. The van der Waals surface area contributed by atoms with Crippen LogP contribution in [0, 0.1) is 6.92 Å². The van der Waals surface area contributed by atoms with Crippen LogP contribution in [0.5, 0.6) is 0 Å². The number of aromatic nitrogens is 1. The highest BCUT2D eigenvalue weighted by Crippen LogP contribution is 2.38. The Labute approximate surface area is 254 Å². The van der Waals surface area contributed by atoms with Crippen molar-refractivity contribution in [3.63, 3.8) is 0 Å². The summed E-state index contributed by atoms with van der Waals surface area (Å²) in [6.45, 7) is 6.75. The molecule has 1 unspecified atom stereocenters. The number of fused-ring (bicyclic) bond motifs is 1. The second-order valence-electron chi connectivity index (χ2n) is 11.6. The Hall–Kier alpha value is -1.66. The second kappa shape index (κ2) is 12.9. The standard InChI is InChI=1S/C29H41Cl2N5O4S/c1-21-9-10-24(30)29(28(21)31)41(38,39)36-17-16-35-11-5-8-25(35)26(36)19-40-20-27(37)33(3)22-6-4-7-23(18-22)34-14-12-32(2)13-15-34/h5,8-11,22-23,26H,4,6-7,12-20H2,1-3H3/t22-,23-,26?/m0/s1. The van der Waals surface area contributed by atoms with Gasteiger partial charge in [-0.1, -0.05) is 29.3 Å². The van der Waals surface area contributed by atoms with Crippen LogP contribution in [0.25, 0.3) is 0 Å². The molecule has 1 saturated heterocycles. The lowest BCUT2D eigenvalue weighted by Crippen LogP contribution is -2.53. The minimum absolute atomic E-state index is 0.0401. The molecule has 226 valence electrons. The zero-order chi connectivity index (χ0) is 29.3. The molecule has 3 heterocycles. The van der Waals surface area contributed by atoms with E-state index in [0.717, 1.165) is 51.1 Å². The van der Waals surface area contributed by atoms with Crippen molar-refractivity contribution in [1.82, 2.24) is 23.6 Å². The lowest BCUT2D eigenvalue weighted by molar-refractivity contribution is -0.138. The molecule has 2 fully saturated rings. The van der Waals surface area contributed by atoms with Crippen molar-refractivity contribution in [2.75, 3.05) is 60.0 Å². The van der Waals surface area contributed by atoms with Crippen LogP contribution in [-0.2, 0) is 26.1 Å². The number of hydrogen-bond donors (Lipinski definition) is 0. The van der Waals surface area contributed by atoms with Crippen molar-refractivity contribution in [2.24, 2.45) is 0 Å². The molecule has 1 saturated carbocycles. The molecular weight excluding hydrogens is 585 g/mol. The maximum atomic E-state index is 13.9. The predicted molar refractivity (Wildman–Crippen MR) is 161 cm³/mol. The summed E-state index contributed by atoms with van der Waals surface area (Å²) in [7, 11) is -0.0128. The van der Waals surface area contributed by atoms with Crippen LogP contribution >= 0.6 is 23.2 Å². The smallest absolute Gasteiger partial charge is 0.248 e. The Morgan fingerprint density at radius 3 is 2.59 bits per heavy atom. The number of halogens is 2. The molecule has 5 rings (SSSR count). The Balaban J connectivity index is 1.25. The number of rotatable bonds is 8. The number of carbonyl (C=O) groups is 1. The highest BCUT2D eigenvalue weighted by Gasteiger charge is 2.39. The van der Waals surface area contributed by atoms with Gasteiger partial charge >= 0.3 is 0 Å². The maximum absolute atomic E-state index is 13.9. The van der Waals surface area contributed by atoms with Crippen molar-refractivity contribution in [3.05, 3.63) is 51.8 Å². The van der Waals surface area contributed by atoms with Gasteiger partial charge in [-0.25, -0.2) is 8.42 Å². The fourth-order valence-corrected chi connectivity index (χ4v) is 9.17. The molecule has 2 aliphatic heterocycles. The summed E-state index contributed by atoms with van der Waals surface area (Å²) in [5.74, 6) is -0.0839. The molecule has 1 aromatic carbocycles. The lowest BCUT2D eigenvalue weighted by atomic mass is 9.88. The lowest BCUT2D eigenvalue weighted by Gasteiger charge is -2.43. The van der Waals surface area contributed by atoms with Gasteiger partial charge in [0.25, 0.3) is 0 Å². The number of piperazine rings is 1. The summed E-state index contributed by atoms with van der Waals surface area (Å²) in [4.78, 5) is 19.9. The van der Waals surface area contributed by atoms with E-state index in [0.29, 0.717) is 18.2 Å². The molecule has 1 amide bonds. The highest BCUT2D eigenvalue weighted by molar-refractivity contribution is 7.89. The third kappa shape index (κ3) is 6.49. The van der Waals surface area contributed by atoms with Crippen molar-refractivity contribution >= 4 is 39.1 Å². The Kier molecular flexibility index (Phi) is 9.70. The van der Waals surface area contributed by atoms with E-state index in [2.05, 4.69) is 16.8 Å². The van der Waals surface area contributed by atoms with Gasteiger partial charge in [0.15, 0.2) is 0 Å². The van der Waals surface area contributed by atoms with Crippen molar-refractivity contribution < 1.29 is 17.9 Å². The quantitative estimate of drug-likeness (QED) is 0.443. The van der Waals surface area contributed by atoms with Gasteiger partial charge in [0.05, 0.1) is 22.7 Å². The third-order valence-electron chi connectivity index (χ3n) is 9.04. The van der Waals surface area contributed by atoms with E-state index in [1.165, 1.54) is 10.7 Å². The SMILES string of the molecule is Cc1ccc(Cl)c(S(=O)(=O)N2CCn3cccc3C2COCC(=O)N(C)[C@H]2CCC[C@H](N3CCN(C)CC3)C2)c1Cl.